The van der Waals surface area contributed by atoms with Gasteiger partial charge in [-0.05, 0) is 134 Å². The number of benzene rings is 16. The van der Waals surface area contributed by atoms with Gasteiger partial charge in [-0.25, -0.2) is 4.57 Å². The lowest BCUT2D eigenvalue weighted by Crippen LogP contribution is -2.05. The predicted octanol–water partition coefficient (Wildman–Crippen LogP) is 25.3. The zero-order valence-corrected chi connectivity index (χ0v) is 54.0. The second-order valence-electron chi connectivity index (χ2n) is 24.6. The molecule has 0 radical (unpaired) electrons. The third kappa shape index (κ3) is 10.4. The van der Waals surface area contributed by atoms with Gasteiger partial charge < -0.3 is 18.1 Å². The summed E-state index contributed by atoms with van der Waals surface area (Å²) in [6, 6.07) is 115. The molecule has 0 fully saturated rings. The third-order valence-corrected chi connectivity index (χ3v) is 22.2. The van der Waals surface area contributed by atoms with Crippen molar-refractivity contribution < 1.29 is 27.6 Å². The predicted molar refractivity (Wildman–Crippen MR) is 399 cm³/mol. The highest BCUT2D eigenvalue weighted by atomic mass is 31.2. The first-order valence-electron chi connectivity index (χ1n) is 32.4. The highest BCUT2D eigenvalue weighted by molar-refractivity contribution is 7.64. The molecule has 0 amide bonds. The molecule has 97 heavy (non-hydrogen) atoms. The van der Waals surface area contributed by atoms with E-state index >= 15 is 4.57 Å². The normalized spacial score (nSPS) is 13.3. The lowest BCUT2D eigenvalue weighted by molar-refractivity contribution is 0.361. The van der Waals surface area contributed by atoms with Crippen LogP contribution in [0.25, 0.3) is 154 Å². The molecule has 0 spiro atoms. The Balaban J connectivity index is 0.927. The Morgan fingerprint density at radius 3 is 0.670 bits per heavy atom. The molecule has 1 N–H and O–H groups in total. The van der Waals surface area contributed by atoms with E-state index in [4.69, 9.17) is 22.6 Å². The minimum atomic E-state index is -5.24. The van der Waals surface area contributed by atoms with E-state index in [2.05, 4.69) is 218 Å². The lowest BCUT2D eigenvalue weighted by atomic mass is 9.86. The quantitative estimate of drug-likeness (QED) is 0.145. The summed E-state index contributed by atoms with van der Waals surface area (Å²) in [6.45, 7) is 0. The van der Waals surface area contributed by atoms with E-state index in [0.717, 1.165) is 110 Å². The summed E-state index contributed by atoms with van der Waals surface area (Å²) < 4.78 is 52.6. The Morgan fingerprint density at radius 2 is 0.423 bits per heavy atom. The van der Waals surface area contributed by atoms with E-state index in [1.165, 1.54) is 0 Å². The van der Waals surface area contributed by atoms with E-state index in [9.17, 15) is 4.89 Å². The van der Waals surface area contributed by atoms with Crippen LogP contribution in [0.3, 0.4) is 0 Å². The van der Waals surface area contributed by atoms with E-state index in [1.54, 1.807) is 0 Å². The van der Waals surface area contributed by atoms with Crippen molar-refractivity contribution in [3.63, 3.8) is 0 Å². The zero-order valence-electron chi connectivity index (χ0n) is 52.2. The molecule has 0 aliphatic carbocycles. The van der Waals surface area contributed by atoms with Crippen LogP contribution in [0, 0.1) is 0 Å². The molecule has 16 aromatic rings. The zero-order chi connectivity index (χ0) is 64.6. The van der Waals surface area contributed by atoms with Crippen molar-refractivity contribution in [3.8, 4) is 134 Å². The van der Waals surface area contributed by atoms with Gasteiger partial charge in [0.05, 0.1) is 0 Å². The van der Waals surface area contributed by atoms with Gasteiger partial charge in [0, 0.05) is 44.5 Å². The van der Waals surface area contributed by atoms with Crippen molar-refractivity contribution in [2.24, 2.45) is 4.52 Å². The first kappa shape index (κ1) is 57.8. The minimum Gasteiger partial charge on any atom is -0.408 e. The van der Waals surface area contributed by atoms with Gasteiger partial charge in [0.2, 0.25) is 0 Å². The summed E-state index contributed by atoms with van der Waals surface area (Å²) in [6.07, 6.45) is 0. The molecule has 7 nitrogen and oxygen atoms in total. The van der Waals surface area contributed by atoms with Crippen LogP contribution in [0.1, 0.15) is 0 Å². The van der Waals surface area contributed by atoms with Crippen LogP contribution in [-0.2, 0) is 4.57 Å². The van der Waals surface area contributed by atoms with E-state index < -0.39 is 15.5 Å². The van der Waals surface area contributed by atoms with Crippen LogP contribution in [0.2, 0.25) is 0 Å². The summed E-state index contributed by atoms with van der Waals surface area (Å²) in [7, 11) is -10.3. The fourth-order valence-electron chi connectivity index (χ4n) is 14.2. The van der Waals surface area contributed by atoms with Crippen molar-refractivity contribution in [1.29, 1.82) is 0 Å². The highest BCUT2D eigenvalue weighted by Gasteiger charge is 2.46. The number of rotatable bonds is 9. The molecule has 16 aromatic carbocycles. The smallest absolute Gasteiger partial charge is 0.408 e. The molecule has 0 bridgehead atoms. The molecule has 18 rings (SSSR count). The minimum absolute atomic E-state index is 0.247. The molecule has 0 unspecified atom stereocenters. The molecule has 460 valence electrons. The van der Waals surface area contributed by atoms with Gasteiger partial charge in [0.25, 0.3) is 0 Å². The molecule has 2 heterocycles. The van der Waals surface area contributed by atoms with E-state index in [-0.39, 0.29) is 23.0 Å². The molecular weight excluding hydrogens is 1230 g/mol. The van der Waals surface area contributed by atoms with E-state index in [1.807, 2.05) is 121 Å². The van der Waals surface area contributed by atoms with Gasteiger partial charge >= 0.3 is 15.5 Å². The molecule has 0 aromatic heterocycles. The molecule has 2 aliphatic heterocycles. The highest BCUT2D eigenvalue weighted by Crippen LogP contribution is 2.71. The number of hydrogen-bond acceptors (Lipinski definition) is 5. The van der Waals surface area contributed by atoms with Crippen molar-refractivity contribution in [3.05, 3.63) is 340 Å². The van der Waals surface area contributed by atoms with Gasteiger partial charge in [-0.1, -0.05) is 320 Å². The van der Waals surface area contributed by atoms with Gasteiger partial charge in [-0.2, -0.15) is 0 Å². The topological polar surface area (TPSA) is 86.6 Å². The third-order valence-electron chi connectivity index (χ3n) is 18.8. The maximum atomic E-state index is 17.7. The Labute approximate surface area is 561 Å². The SMILES string of the molecule is O=P1(N=P2(O)Oc3c(-c4ccc(-c5ccccc5)cc4)cc4ccccc4c3-c3c(c(-c4ccc(-c5ccccc5)cc4)cc4ccccc34)O2)Oc2c(-c3ccc(-c4ccccc4)cc3)cc3ccccc3c2-c2c(c(-c3ccc(-c4ccccc4)cc3)cc3ccccc23)O1. The lowest BCUT2D eigenvalue weighted by Gasteiger charge is -2.23. The molecule has 9 heteroatoms. The molecule has 0 atom stereocenters. The van der Waals surface area contributed by atoms with Crippen molar-refractivity contribution in [2.45, 2.75) is 0 Å². The monoisotopic (exact) mass is 1290 g/mol. The van der Waals surface area contributed by atoms with Crippen LogP contribution in [0.15, 0.2) is 344 Å². The summed E-state index contributed by atoms with van der Waals surface area (Å²) in [5, 5.41) is 6.99. The van der Waals surface area contributed by atoms with Gasteiger partial charge in [0.1, 0.15) is 23.0 Å². The van der Waals surface area contributed by atoms with Crippen LogP contribution in [0.5, 0.6) is 23.0 Å². The molecule has 0 saturated carbocycles. The first-order valence-corrected chi connectivity index (χ1v) is 35.4. The summed E-state index contributed by atoms with van der Waals surface area (Å²) in [4.78, 5) is 14.5. The average Bonchev–Trinajstić information content (AvgIpc) is 1.67. The molecule has 0 saturated heterocycles. The summed E-state index contributed by atoms with van der Waals surface area (Å²) in [5.74, 6) is 1.06. The fraction of sp³-hybridized carbons (Fsp3) is 0. The first-order chi connectivity index (χ1) is 47.8. The van der Waals surface area contributed by atoms with Crippen LogP contribution in [0.4, 0.5) is 0 Å². The summed E-state index contributed by atoms with van der Waals surface area (Å²) in [5.41, 5.74) is 16.7. The second-order valence-corrected chi connectivity index (χ2v) is 27.9. The molecular formula is C88H57NO6P2. The summed E-state index contributed by atoms with van der Waals surface area (Å²) >= 11 is 0. The number of fused-ring (bicyclic) bond motifs is 14. The maximum Gasteiger partial charge on any atom is 0.569 e. The fourth-order valence-corrected chi connectivity index (χ4v) is 17.6. The Morgan fingerprint density at radius 1 is 0.227 bits per heavy atom. The van der Waals surface area contributed by atoms with Crippen molar-refractivity contribution in [1.82, 2.24) is 0 Å². The Hall–Kier alpha value is -11.8. The van der Waals surface area contributed by atoms with Gasteiger partial charge in [0.15, 0.2) is 0 Å². The van der Waals surface area contributed by atoms with Crippen molar-refractivity contribution in [2.75, 3.05) is 0 Å². The second kappa shape index (κ2) is 23.6. The Bertz CT molecular complexity index is 5530. The largest absolute Gasteiger partial charge is 0.569 e. The Kier molecular flexibility index (Phi) is 14.1. The van der Waals surface area contributed by atoms with Crippen LogP contribution in [-0.4, -0.2) is 4.89 Å². The molecule has 2 aliphatic rings. The standard InChI is InChI=1S/C88H57NO6P2/c90-96(92-85-77(65-45-37-61(38-46-65)57-21-5-1-6-22-57)53-69-29-13-17-33-73(69)81(85)82-74-34-18-14-30-70(74)54-78(86(82)93-96)66-47-39-62(40-48-66)58-23-7-2-8-24-58)89-97(91)94-87-79(67-49-41-63(42-50-67)59-25-9-3-10-26-59)55-71-31-15-19-35-75(71)83(87)84-76-36-20-16-32-72(76)56-80(88(84)95-97)68-51-43-64(44-52-68)60-27-11-4-12-28-60/h1-56,90H. The van der Waals surface area contributed by atoms with Crippen molar-refractivity contribution >= 4 is 58.6 Å². The number of nitrogens with zero attached hydrogens (tertiary/aromatic N) is 1. The van der Waals surface area contributed by atoms with E-state index in [0.29, 0.717) is 44.5 Å². The van der Waals surface area contributed by atoms with Gasteiger partial charge in [-0.3, -0.25) is 4.89 Å². The maximum absolute atomic E-state index is 17.7. The van der Waals surface area contributed by atoms with Crippen LogP contribution >= 0.6 is 15.5 Å². The van der Waals surface area contributed by atoms with Gasteiger partial charge in [-0.15, -0.1) is 0 Å². The average molecular weight is 1290 g/mol. The van der Waals surface area contributed by atoms with Crippen LogP contribution < -0.4 is 18.1 Å². The number of hydrogen-bond donors (Lipinski definition) is 1.